The number of aliphatic hydroxyl groups excluding tert-OH is 1. The molecule has 0 bridgehead atoms. The van der Waals surface area contributed by atoms with Gasteiger partial charge < -0.3 is 19.6 Å². The quantitative estimate of drug-likeness (QED) is 0.755. The van der Waals surface area contributed by atoms with Gasteiger partial charge in [0.25, 0.3) is 0 Å². The van der Waals surface area contributed by atoms with Gasteiger partial charge in [-0.1, -0.05) is 0 Å². The highest BCUT2D eigenvalue weighted by Gasteiger charge is 2.27. The number of carbonyl (C=O) groups is 1. The van der Waals surface area contributed by atoms with Crippen molar-refractivity contribution in [3.05, 3.63) is 0 Å². The van der Waals surface area contributed by atoms with Crippen molar-refractivity contribution in [2.75, 3.05) is 46.4 Å². The van der Waals surface area contributed by atoms with Crippen LogP contribution in [0.4, 0.5) is 0 Å². The summed E-state index contributed by atoms with van der Waals surface area (Å²) in [5, 5.41) is 9.25. The Kier molecular flexibility index (Phi) is 5.60. The first-order valence-electron chi connectivity index (χ1n) is 7.37. The lowest BCUT2D eigenvalue weighted by atomic mass is 9.82. The molecule has 0 aromatic rings. The molecule has 0 unspecified atom stereocenters. The Morgan fingerprint density at radius 1 is 1.37 bits per heavy atom. The lowest BCUT2D eigenvalue weighted by molar-refractivity contribution is -0.135. The maximum absolute atomic E-state index is 11.9. The van der Waals surface area contributed by atoms with Gasteiger partial charge in [0.05, 0.1) is 19.3 Å². The van der Waals surface area contributed by atoms with E-state index in [1.807, 2.05) is 4.90 Å². The van der Waals surface area contributed by atoms with Crippen LogP contribution in [-0.2, 0) is 9.53 Å². The molecule has 1 saturated carbocycles. The van der Waals surface area contributed by atoms with Crippen LogP contribution in [-0.4, -0.2) is 73.4 Å². The Hall–Kier alpha value is -0.650. The summed E-state index contributed by atoms with van der Waals surface area (Å²) in [5.41, 5.74) is 0. The zero-order chi connectivity index (χ0) is 13.7. The number of amides is 1. The van der Waals surface area contributed by atoms with Crippen LogP contribution < -0.4 is 0 Å². The predicted octanol–water partition coefficient (Wildman–Crippen LogP) is 0.328. The Bertz CT molecular complexity index is 286. The van der Waals surface area contributed by atoms with Gasteiger partial charge in [-0.2, -0.15) is 0 Å². The first-order chi connectivity index (χ1) is 9.15. The summed E-state index contributed by atoms with van der Waals surface area (Å²) in [7, 11) is 2.10. The van der Waals surface area contributed by atoms with Crippen molar-refractivity contribution in [2.45, 2.75) is 31.8 Å². The molecule has 19 heavy (non-hydrogen) atoms. The second-order valence-corrected chi connectivity index (χ2v) is 5.85. The van der Waals surface area contributed by atoms with E-state index in [0.29, 0.717) is 25.6 Å². The first-order valence-corrected chi connectivity index (χ1v) is 7.37. The lowest BCUT2D eigenvalue weighted by Crippen LogP contribution is -2.41. The molecule has 5 nitrogen and oxygen atoms in total. The predicted molar refractivity (Wildman–Crippen MR) is 72.9 cm³/mol. The highest BCUT2D eigenvalue weighted by molar-refractivity contribution is 5.76. The summed E-state index contributed by atoms with van der Waals surface area (Å²) in [6, 6.07) is 0. The van der Waals surface area contributed by atoms with E-state index in [1.165, 1.54) is 0 Å². The highest BCUT2D eigenvalue weighted by Crippen LogP contribution is 2.27. The molecule has 1 heterocycles. The van der Waals surface area contributed by atoms with Crippen LogP contribution in [0.1, 0.15) is 25.7 Å². The number of carbonyl (C=O) groups excluding carboxylic acids is 1. The molecule has 5 heteroatoms. The molecule has 2 fully saturated rings. The molecule has 0 atom stereocenters. The fraction of sp³-hybridized carbons (Fsp3) is 0.929. The van der Waals surface area contributed by atoms with Crippen LogP contribution in [0, 0.1) is 5.92 Å². The van der Waals surface area contributed by atoms with E-state index >= 15 is 0 Å². The minimum Gasteiger partial charge on any atom is -0.393 e. The molecule has 110 valence electrons. The molecule has 0 spiro atoms. The maximum atomic E-state index is 11.9. The van der Waals surface area contributed by atoms with E-state index in [4.69, 9.17) is 4.74 Å². The number of ether oxygens (including phenoxy) is 1. The monoisotopic (exact) mass is 270 g/mol. The van der Waals surface area contributed by atoms with Gasteiger partial charge in [-0.05, 0) is 38.8 Å². The SMILES string of the molecule is CN(CCCC(=O)N1CCOCC1)CC1CC(O)C1. The number of morpholine rings is 1. The van der Waals surface area contributed by atoms with Crippen molar-refractivity contribution in [3.8, 4) is 0 Å². The molecule has 2 rings (SSSR count). The van der Waals surface area contributed by atoms with Crippen molar-refractivity contribution < 1.29 is 14.6 Å². The number of hydrogen-bond donors (Lipinski definition) is 1. The number of rotatable bonds is 6. The van der Waals surface area contributed by atoms with Crippen molar-refractivity contribution >= 4 is 5.91 Å². The van der Waals surface area contributed by atoms with Crippen LogP contribution in [0.25, 0.3) is 0 Å². The van der Waals surface area contributed by atoms with Gasteiger partial charge >= 0.3 is 0 Å². The Morgan fingerprint density at radius 3 is 2.68 bits per heavy atom. The van der Waals surface area contributed by atoms with Crippen molar-refractivity contribution in [1.29, 1.82) is 0 Å². The van der Waals surface area contributed by atoms with Crippen molar-refractivity contribution in [1.82, 2.24) is 9.80 Å². The van der Waals surface area contributed by atoms with E-state index in [0.717, 1.165) is 45.4 Å². The van der Waals surface area contributed by atoms with E-state index < -0.39 is 0 Å². The smallest absolute Gasteiger partial charge is 0.222 e. The summed E-state index contributed by atoms with van der Waals surface area (Å²) >= 11 is 0. The van der Waals surface area contributed by atoms with Gasteiger partial charge in [0.2, 0.25) is 5.91 Å². The summed E-state index contributed by atoms with van der Waals surface area (Å²) in [6.07, 6.45) is 3.37. The van der Waals surface area contributed by atoms with E-state index in [2.05, 4.69) is 11.9 Å². The minimum absolute atomic E-state index is 0.0682. The fourth-order valence-corrected chi connectivity index (χ4v) is 2.85. The molecule has 0 radical (unpaired) electrons. The van der Waals surface area contributed by atoms with E-state index in [-0.39, 0.29) is 12.0 Å². The lowest BCUT2D eigenvalue weighted by Gasteiger charge is -2.34. The topological polar surface area (TPSA) is 53.0 Å². The van der Waals surface area contributed by atoms with Gasteiger partial charge in [-0.15, -0.1) is 0 Å². The van der Waals surface area contributed by atoms with Gasteiger partial charge in [-0.25, -0.2) is 0 Å². The molecule has 0 aromatic heterocycles. The number of nitrogens with zero attached hydrogens (tertiary/aromatic N) is 2. The molecular formula is C14H26N2O3. The first kappa shape index (κ1) is 14.8. The summed E-state index contributed by atoms with van der Waals surface area (Å²) in [4.78, 5) is 16.1. The third-order valence-corrected chi connectivity index (χ3v) is 4.07. The van der Waals surface area contributed by atoms with Crippen molar-refractivity contribution in [2.24, 2.45) is 5.92 Å². The van der Waals surface area contributed by atoms with Crippen LogP contribution in [0.3, 0.4) is 0 Å². The third-order valence-electron chi connectivity index (χ3n) is 4.07. The molecule has 2 aliphatic rings. The summed E-state index contributed by atoms with van der Waals surface area (Å²) < 4.78 is 5.24. The molecule has 1 N–H and O–H groups in total. The third kappa shape index (κ3) is 4.75. The van der Waals surface area contributed by atoms with Crippen molar-refractivity contribution in [3.63, 3.8) is 0 Å². The molecule has 1 aliphatic carbocycles. The van der Waals surface area contributed by atoms with Crippen LogP contribution in [0.2, 0.25) is 0 Å². The zero-order valence-electron chi connectivity index (χ0n) is 11.9. The number of hydrogen-bond acceptors (Lipinski definition) is 4. The second kappa shape index (κ2) is 7.22. The second-order valence-electron chi connectivity index (χ2n) is 5.85. The van der Waals surface area contributed by atoms with Gasteiger partial charge in [-0.3, -0.25) is 4.79 Å². The average molecular weight is 270 g/mol. The number of aliphatic hydroxyl groups is 1. The largest absolute Gasteiger partial charge is 0.393 e. The molecule has 1 aliphatic heterocycles. The minimum atomic E-state index is -0.0682. The van der Waals surface area contributed by atoms with Gasteiger partial charge in [0, 0.05) is 26.1 Å². The maximum Gasteiger partial charge on any atom is 0.222 e. The molecule has 0 aromatic carbocycles. The molecule has 1 saturated heterocycles. The standard InChI is InChI=1S/C14H26N2O3/c1-15(11-12-9-13(17)10-12)4-2-3-14(18)16-5-7-19-8-6-16/h12-13,17H,2-11H2,1H3. The molecular weight excluding hydrogens is 244 g/mol. The van der Waals surface area contributed by atoms with Gasteiger partial charge in [0.15, 0.2) is 0 Å². The van der Waals surface area contributed by atoms with Crippen LogP contribution in [0.5, 0.6) is 0 Å². The molecule has 1 amide bonds. The van der Waals surface area contributed by atoms with E-state index in [9.17, 15) is 9.90 Å². The zero-order valence-corrected chi connectivity index (χ0v) is 11.9. The van der Waals surface area contributed by atoms with Crippen LogP contribution >= 0.6 is 0 Å². The average Bonchev–Trinajstić information content (AvgIpc) is 2.38. The van der Waals surface area contributed by atoms with Crippen LogP contribution in [0.15, 0.2) is 0 Å². The summed E-state index contributed by atoms with van der Waals surface area (Å²) in [5.74, 6) is 0.908. The Labute approximate surface area is 115 Å². The normalized spacial score (nSPS) is 27.4. The summed E-state index contributed by atoms with van der Waals surface area (Å²) in [6.45, 7) is 4.85. The Balaban J connectivity index is 1.53. The van der Waals surface area contributed by atoms with E-state index in [1.54, 1.807) is 0 Å². The fourth-order valence-electron chi connectivity index (χ4n) is 2.85. The highest BCUT2D eigenvalue weighted by atomic mass is 16.5. The van der Waals surface area contributed by atoms with Gasteiger partial charge in [0.1, 0.15) is 0 Å². The Morgan fingerprint density at radius 2 is 2.05 bits per heavy atom.